The molecule has 0 aliphatic carbocycles. The Kier molecular flexibility index (Phi) is 3.28. The van der Waals surface area contributed by atoms with Gasteiger partial charge in [0.2, 0.25) is 0 Å². The minimum absolute atomic E-state index is 0.0183. The van der Waals surface area contributed by atoms with Gasteiger partial charge in [-0.2, -0.15) is 0 Å². The highest BCUT2D eigenvalue weighted by molar-refractivity contribution is 5.34. The fourth-order valence-corrected chi connectivity index (χ4v) is 1.47. The van der Waals surface area contributed by atoms with Crippen LogP contribution in [-0.4, -0.2) is 15.5 Å². The van der Waals surface area contributed by atoms with Gasteiger partial charge in [-0.3, -0.25) is 4.79 Å². The van der Waals surface area contributed by atoms with Crippen LogP contribution in [0.5, 0.6) is 0 Å². The van der Waals surface area contributed by atoms with Crippen molar-refractivity contribution in [3.63, 3.8) is 0 Å². The molecule has 0 saturated heterocycles. The summed E-state index contributed by atoms with van der Waals surface area (Å²) in [7, 11) is 0. The van der Waals surface area contributed by atoms with Crippen molar-refractivity contribution in [1.29, 1.82) is 0 Å². The van der Waals surface area contributed by atoms with Gasteiger partial charge in [0.1, 0.15) is 5.82 Å². The molecule has 4 heteroatoms. The fourth-order valence-electron chi connectivity index (χ4n) is 1.47. The maximum Gasteiger partial charge on any atom is 0.252 e. The first-order chi connectivity index (χ1) is 6.53. The van der Waals surface area contributed by atoms with Crippen LogP contribution in [0.2, 0.25) is 0 Å². The van der Waals surface area contributed by atoms with Crippen LogP contribution in [0.3, 0.4) is 0 Å². The first-order valence-corrected chi connectivity index (χ1v) is 4.86. The average Bonchev–Trinajstić information content (AvgIpc) is 2.02. The van der Waals surface area contributed by atoms with E-state index < -0.39 is 0 Å². The van der Waals surface area contributed by atoms with Crippen molar-refractivity contribution >= 4 is 5.82 Å². The molecule has 0 amide bonds. The van der Waals surface area contributed by atoms with Gasteiger partial charge < -0.3 is 10.3 Å². The number of anilines is 1. The van der Waals surface area contributed by atoms with E-state index in [1.54, 1.807) is 0 Å². The highest BCUT2D eigenvalue weighted by atomic mass is 16.1. The van der Waals surface area contributed by atoms with Gasteiger partial charge in [-0.25, -0.2) is 4.98 Å². The second-order valence-electron chi connectivity index (χ2n) is 4.06. The van der Waals surface area contributed by atoms with Crippen LogP contribution in [0.15, 0.2) is 17.2 Å². The van der Waals surface area contributed by atoms with Crippen LogP contribution >= 0.6 is 0 Å². The van der Waals surface area contributed by atoms with Crippen molar-refractivity contribution in [2.45, 2.75) is 39.2 Å². The second kappa shape index (κ2) is 4.26. The van der Waals surface area contributed by atoms with Crippen LogP contribution in [-0.2, 0) is 0 Å². The van der Waals surface area contributed by atoms with E-state index in [0.717, 1.165) is 12.8 Å². The quantitative estimate of drug-likeness (QED) is 0.769. The largest absolute Gasteiger partial charge is 0.365 e. The molecule has 0 fully saturated rings. The molecule has 0 aliphatic rings. The van der Waals surface area contributed by atoms with E-state index in [1.165, 1.54) is 12.4 Å². The summed E-state index contributed by atoms with van der Waals surface area (Å²) >= 11 is 0. The molecule has 78 valence electrons. The van der Waals surface area contributed by atoms with E-state index in [1.807, 2.05) is 0 Å². The van der Waals surface area contributed by atoms with Gasteiger partial charge in [0.25, 0.3) is 5.56 Å². The molecular weight excluding hydrogens is 178 g/mol. The second-order valence-corrected chi connectivity index (χ2v) is 4.06. The molecule has 2 N–H and O–H groups in total. The molecule has 4 nitrogen and oxygen atoms in total. The number of nitrogens with zero attached hydrogens (tertiary/aromatic N) is 1. The van der Waals surface area contributed by atoms with E-state index in [2.05, 4.69) is 36.1 Å². The van der Waals surface area contributed by atoms with Gasteiger partial charge in [-0.1, -0.05) is 13.3 Å². The number of hydrogen-bond donors (Lipinski definition) is 2. The highest BCUT2D eigenvalue weighted by Crippen LogP contribution is 2.16. The van der Waals surface area contributed by atoms with E-state index in [-0.39, 0.29) is 11.1 Å². The van der Waals surface area contributed by atoms with Gasteiger partial charge in [0, 0.05) is 11.6 Å². The Hall–Kier alpha value is -1.32. The number of H-pyrrole nitrogens is 1. The van der Waals surface area contributed by atoms with Crippen molar-refractivity contribution in [1.82, 2.24) is 9.97 Å². The molecule has 0 aliphatic heterocycles. The van der Waals surface area contributed by atoms with Crippen molar-refractivity contribution < 1.29 is 0 Å². The van der Waals surface area contributed by atoms with Crippen LogP contribution in [0.4, 0.5) is 5.82 Å². The molecule has 1 aromatic heterocycles. The number of hydrogen-bond acceptors (Lipinski definition) is 3. The SMILES string of the molecule is CCCC(C)(C)Nc1cc(=O)[nH]cn1. The molecule has 0 radical (unpaired) electrons. The molecule has 0 spiro atoms. The summed E-state index contributed by atoms with van der Waals surface area (Å²) in [6.45, 7) is 6.33. The predicted octanol–water partition coefficient (Wildman–Crippen LogP) is 1.76. The van der Waals surface area contributed by atoms with Crippen LogP contribution in [0, 0.1) is 0 Å². The zero-order valence-electron chi connectivity index (χ0n) is 8.92. The molecule has 1 aromatic rings. The summed E-state index contributed by atoms with van der Waals surface area (Å²) in [4.78, 5) is 17.5. The van der Waals surface area contributed by atoms with Crippen LogP contribution < -0.4 is 10.9 Å². The van der Waals surface area contributed by atoms with Crippen molar-refractivity contribution in [2.24, 2.45) is 0 Å². The van der Waals surface area contributed by atoms with E-state index >= 15 is 0 Å². The minimum Gasteiger partial charge on any atom is -0.365 e. The smallest absolute Gasteiger partial charge is 0.252 e. The summed E-state index contributed by atoms with van der Waals surface area (Å²) in [6, 6.07) is 1.47. The molecule has 0 atom stereocenters. The van der Waals surface area contributed by atoms with Gasteiger partial charge in [0.15, 0.2) is 0 Å². The summed E-state index contributed by atoms with van der Waals surface area (Å²) in [6.07, 6.45) is 3.55. The zero-order valence-corrected chi connectivity index (χ0v) is 8.92. The standard InChI is InChI=1S/C10H17N3O/c1-4-5-10(2,3)13-8-6-9(14)12-7-11-8/h6-7H,4-5H2,1-3H3,(H2,11,12,13,14). The zero-order chi connectivity index (χ0) is 10.6. The Morgan fingerprint density at radius 1 is 1.57 bits per heavy atom. The maximum absolute atomic E-state index is 11.0. The summed E-state index contributed by atoms with van der Waals surface area (Å²) in [5.74, 6) is 0.632. The molecule has 1 heterocycles. The molecule has 1 rings (SSSR count). The maximum atomic E-state index is 11.0. The fraction of sp³-hybridized carbons (Fsp3) is 0.600. The lowest BCUT2D eigenvalue weighted by atomic mass is 9.99. The van der Waals surface area contributed by atoms with E-state index in [4.69, 9.17) is 0 Å². The molecule has 0 aromatic carbocycles. The highest BCUT2D eigenvalue weighted by Gasteiger charge is 2.16. The Labute approximate surface area is 83.8 Å². The third kappa shape index (κ3) is 3.20. The molecule has 0 saturated carbocycles. The lowest BCUT2D eigenvalue weighted by Crippen LogP contribution is -2.31. The minimum atomic E-state index is -0.130. The molecule has 0 bridgehead atoms. The molecular formula is C10H17N3O. The van der Waals surface area contributed by atoms with Crippen molar-refractivity contribution in [3.8, 4) is 0 Å². The van der Waals surface area contributed by atoms with Gasteiger partial charge in [0.05, 0.1) is 6.33 Å². The molecule has 0 unspecified atom stereocenters. The number of rotatable bonds is 4. The first-order valence-electron chi connectivity index (χ1n) is 4.86. The topological polar surface area (TPSA) is 57.8 Å². The Balaban J connectivity index is 2.73. The Morgan fingerprint density at radius 3 is 2.86 bits per heavy atom. The normalized spacial score (nSPS) is 11.4. The van der Waals surface area contributed by atoms with Gasteiger partial charge in [-0.15, -0.1) is 0 Å². The van der Waals surface area contributed by atoms with Crippen molar-refractivity contribution in [2.75, 3.05) is 5.32 Å². The lowest BCUT2D eigenvalue weighted by Gasteiger charge is -2.26. The summed E-state index contributed by atoms with van der Waals surface area (Å²) in [5, 5.41) is 3.23. The van der Waals surface area contributed by atoms with Crippen molar-refractivity contribution in [3.05, 3.63) is 22.7 Å². The Bertz CT molecular complexity index is 343. The van der Waals surface area contributed by atoms with Gasteiger partial charge in [-0.05, 0) is 20.3 Å². The summed E-state index contributed by atoms with van der Waals surface area (Å²) in [5.41, 5.74) is -0.148. The number of aromatic amines is 1. The van der Waals surface area contributed by atoms with Gasteiger partial charge >= 0.3 is 0 Å². The lowest BCUT2D eigenvalue weighted by molar-refractivity contribution is 0.509. The van der Waals surface area contributed by atoms with Crippen LogP contribution in [0.25, 0.3) is 0 Å². The summed E-state index contributed by atoms with van der Waals surface area (Å²) < 4.78 is 0. The third-order valence-corrected chi connectivity index (χ3v) is 2.02. The number of nitrogens with one attached hydrogen (secondary N) is 2. The Morgan fingerprint density at radius 2 is 2.29 bits per heavy atom. The number of aromatic nitrogens is 2. The monoisotopic (exact) mass is 195 g/mol. The average molecular weight is 195 g/mol. The van der Waals surface area contributed by atoms with E-state index in [9.17, 15) is 4.79 Å². The third-order valence-electron chi connectivity index (χ3n) is 2.02. The predicted molar refractivity (Wildman–Crippen MR) is 57.5 cm³/mol. The molecule has 14 heavy (non-hydrogen) atoms. The van der Waals surface area contributed by atoms with E-state index in [0.29, 0.717) is 5.82 Å². The van der Waals surface area contributed by atoms with Crippen LogP contribution in [0.1, 0.15) is 33.6 Å². The first kappa shape index (κ1) is 10.8.